The number of pyridine rings is 1. The summed E-state index contributed by atoms with van der Waals surface area (Å²) in [6, 6.07) is 6.01. The molecule has 0 aliphatic carbocycles. The van der Waals surface area contributed by atoms with Gasteiger partial charge in [0.15, 0.2) is 5.82 Å². The Balaban J connectivity index is 1.62. The number of rotatable bonds is 5. The second kappa shape index (κ2) is 9.11. The van der Waals surface area contributed by atoms with E-state index in [4.69, 9.17) is 4.74 Å². The van der Waals surface area contributed by atoms with Crippen LogP contribution in [0.3, 0.4) is 0 Å². The monoisotopic (exact) mass is 436 g/mol. The molecule has 0 saturated carbocycles. The number of aromatic nitrogens is 5. The Morgan fingerprint density at radius 1 is 1.12 bits per heavy atom. The van der Waals surface area contributed by atoms with Gasteiger partial charge in [-0.15, -0.1) is 5.10 Å². The van der Waals surface area contributed by atoms with Crippen LogP contribution in [0.5, 0.6) is 0 Å². The predicted octanol–water partition coefficient (Wildman–Crippen LogP) is 3.28. The number of nitrogens with zero attached hydrogens (tertiary/aromatic N) is 5. The van der Waals surface area contributed by atoms with Gasteiger partial charge in [0.1, 0.15) is 6.04 Å². The standard InChI is InChI=1S/C24H32N6O2/c1-16-12-17(2)21-18(13-16)14-20(24(31)25-21)22(29-9-5-3-4-6-10-29)23-26-27-28-30(23)15-19-8-7-11-32-19/h12-14,19,22H,3-11,15H2,1-2H3,(H,25,31). The van der Waals surface area contributed by atoms with E-state index in [1.54, 1.807) is 0 Å². The third-order valence-electron chi connectivity index (χ3n) is 6.83. The first-order valence-electron chi connectivity index (χ1n) is 11.9. The second-order valence-corrected chi connectivity index (χ2v) is 9.31. The summed E-state index contributed by atoms with van der Waals surface area (Å²) in [6.07, 6.45) is 6.89. The molecule has 2 aliphatic heterocycles. The van der Waals surface area contributed by atoms with Crippen LogP contribution in [0.25, 0.3) is 10.9 Å². The normalized spacial score (nSPS) is 21.1. The minimum absolute atomic E-state index is 0.0645. The van der Waals surface area contributed by atoms with Gasteiger partial charge in [-0.05, 0) is 86.1 Å². The molecule has 2 unspecified atom stereocenters. The molecular weight excluding hydrogens is 404 g/mol. The Kier molecular flexibility index (Phi) is 6.06. The highest BCUT2D eigenvalue weighted by Gasteiger charge is 2.32. The number of likely N-dealkylation sites (tertiary alicyclic amines) is 1. The lowest BCUT2D eigenvalue weighted by Crippen LogP contribution is -2.36. The number of hydrogen-bond acceptors (Lipinski definition) is 6. The molecule has 2 aromatic heterocycles. The molecule has 0 amide bonds. The molecule has 32 heavy (non-hydrogen) atoms. The molecule has 3 aromatic rings. The zero-order chi connectivity index (χ0) is 22.1. The first-order chi connectivity index (χ1) is 15.6. The van der Waals surface area contributed by atoms with Crippen molar-refractivity contribution in [2.45, 2.75) is 71.1 Å². The van der Waals surface area contributed by atoms with Crippen LogP contribution in [-0.2, 0) is 11.3 Å². The molecule has 5 rings (SSSR count). The Hall–Kier alpha value is -2.58. The van der Waals surface area contributed by atoms with E-state index in [2.05, 4.69) is 50.5 Å². The fourth-order valence-corrected chi connectivity index (χ4v) is 5.28. The van der Waals surface area contributed by atoms with Gasteiger partial charge in [0.05, 0.1) is 18.2 Å². The van der Waals surface area contributed by atoms with E-state index in [1.807, 2.05) is 11.6 Å². The van der Waals surface area contributed by atoms with Crippen molar-refractivity contribution in [2.75, 3.05) is 19.7 Å². The van der Waals surface area contributed by atoms with Crippen LogP contribution < -0.4 is 5.56 Å². The molecule has 4 heterocycles. The smallest absolute Gasteiger partial charge is 0.253 e. The number of benzene rings is 1. The maximum atomic E-state index is 13.4. The molecule has 2 saturated heterocycles. The third-order valence-corrected chi connectivity index (χ3v) is 6.83. The number of tetrazole rings is 1. The van der Waals surface area contributed by atoms with E-state index in [0.717, 1.165) is 67.7 Å². The fraction of sp³-hybridized carbons (Fsp3) is 0.583. The zero-order valence-corrected chi connectivity index (χ0v) is 19.0. The molecule has 2 atom stereocenters. The number of H-pyrrole nitrogens is 1. The van der Waals surface area contributed by atoms with Crippen molar-refractivity contribution < 1.29 is 4.74 Å². The second-order valence-electron chi connectivity index (χ2n) is 9.31. The SMILES string of the molecule is Cc1cc(C)c2[nH]c(=O)c(C(c3nnnn3CC3CCCO3)N3CCCCCC3)cc2c1. The number of ether oxygens (including phenoxy) is 1. The summed E-state index contributed by atoms with van der Waals surface area (Å²) in [5.41, 5.74) is 3.82. The van der Waals surface area contributed by atoms with E-state index in [1.165, 1.54) is 18.4 Å². The number of nitrogens with one attached hydrogen (secondary N) is 1. The summed E-state index contributed by atoms with van der Waals surface area (Å²) >= 11 is 0. The first-order valence-corrected chi connectivity index (χ1v) is 11.9. The lowest BCUT2D eigenvalue weighted by molar-refractivity contribution is 0.0909. The minimum Gasteiger partial charge on any atom is -0.376 e. The van der Waals surface area contributed by atoms with Crippen LogP contribution in [0.2, 0.25) is 0 Å². The van der Waals surface area contributed by atoms with Gasteiger partial charge in [-0.1, -0.05) is 24.5 Å². The topological polar surface area (TPSA) is 88.9 Å². The Bertz CT molecular complexity index is 1140. The van der Waals surface area contributed by atoms with Crippen LogP contribution in [0.1, 0.15) is 67.1 Å². The average molecular weight is 437 g/mol. The largest absolute Gasteiger partial charge is 0.376 e. The molecule has 0 radical (unpaired) electrons. The third kappa shape index (κ3) is 4.21. The van der Waals surface area contributed by atoms with E-state index in [9.17, 15) is 4.79 Å². The minimum atomic E-state index is -0.279. The van der Waals surface area contributed by atoms with Gasteiger partial charge in [-0.25, -0.2) is 4.68 Å². The van der Waals surface area contributed by atoms with Crippen molar-refractivity contribution in [3.63, 3.8) is 0 Å². The van der Waals surface area contributed by atoms with Crippen molar-refractivity contribution in [2.24, 2.45) is 0 Å². The maximum Gasteiger partial charge on any atom is 0.253 e. The molecule has 2 fully saturated rings. The van der Waals surface area contributed by atoms with E-state index in [-0.39, 0.29) is 17.7 Å². The van der Waals surface area contributed by atoms with Crippen molar-refractivity contribution in [1.29, 1.82) is 0 Å². The van der Waals surface area contributed by atoms with Crippen LogP contribution >= 0.6 is 0 Å². The summed E-state index contributed by atoms with van der Waals surface area (Å²) < 4.78 is 7.70. The quantitative estimate of drug-likeness (QED) is 0.660. The molecule has 0 spiro atoms. The Morgan fingerprint density at radius 2 is 1.94 bits per heavy atom. The van der Waals surface area contributed by atoms with Gasteiger partial charge in [-0.3, -0.25) is 9.69 Å². The highest BCUT2D eigenvalue weighted by molar-refractivity contribution is 5.83. The maximum absolute atomic E-state index is 13.4. The number of aryl methyl sites for hydroxylation is 2. The summed E-state index contributed by atoms with van der Waals surface area (Å²) in [5.74, 6) is 0.733. The number of fused-ring (bicyclic) bond motifs is 1. The molecule has 1 N–H and O–H groups in total. The van der Waals surface area contributed by atoms with Gasteiger partial charge in [0, 0.05) is 12.2 Å². The van der Waals surface area contributed by atoms with Crippen LogP contribution in [0, 0.1) is 13.8 Å². The molecule has 1 aromatic carbocycles. The van der Waals surface area contributed by atoms with Crippen LogP contribution in [0.4, 0.5) is 0 Å². The first kappa shape index (κ1) is 21.3. The summed E-state index contributed by atoms with van der Waals surface area (Å²) in [4.78, 5) is 19.0. The summed E-state index contributed by atoms with van der Waals surface area (Å²) in [6.45, 7) is 7.41. The van der Waals surface area contributed by atoms with E-state index < -0.39 is 0 Å². The van der Waals surface area contributed by atoms with E-state index >= 15 is 0 Å². The highest BCUT2D eigenvalue weighted by Crippen LogP contribution is 2.30. The highest BCUT2D eigenvalue weighted by atomic mass is 16.5. The number of aromatic amines is 1. The van der Waals surface area contributed by atoms with Gasteiger partial charge in [0.25, 0.3) is 5.56 Å². The Morgan fingerprint density at radius 3 is 2.69 bits per heavy atom. The molecule has 170 valence electrons. The predicted molar refractivity (Wildman–Crippen MR) is 123 cm³/mol. The summed E-state index contributed by atoms with van der Waals surface area (Å²) in [5, 5.41) is 13.8. The average Bonchev–Trinajstić information content (AvgIpc) is 3.37. The molecule has 8 heteroatoms. The summed E-state index contributed by atoms with van der Waals surface area (Å²) in [7, 11) is 0. The molecule has 2 aliphatic rings. The van der Waals surface area contributed by atoms with Crippen molar-refractivity contribution in [3.05, 3.63) is 51.1 Å². The zero-order valence-electron chi connectivity index (χ0n) is 19.0. The van der Waals surface area contributed by atoms with Crippen molar-refractivity contribution in [1.82, 2.24) is 30.1 Å². The molecule has 8 nitrogen and oxygen atoms in total. The lowest BCUT2D eigenvalue weighted by Gasteiger charge is -2.30. The van der Waals surface area contributed by atoms with Crippen LogP contribution in [0.15, 0.2) is 23.0 Å². The Labute approximate surface area is 188 Å². The van der Waals surface area contributed by atoms with Gasteiger partial charge in [-0.2, -0.15) is 0 Å². The fourth-order valence-electron chi connectivity index (χ4n) is 5.28. The van der Waals surface area contributed by atoms with Crippen LogP contribution in [-0.4, -0.2) is 55.9 Å². The number of hydrogen-bond donors (Lipinski definition) is 1. The molecule has 0 bridgehead atoms. The van der Waals surface area contributed by atoms with Gasteiger partial charge in [0.2, 0.25) is 0 Å². The van der Waals surface area contributed by atoms with Gasteiger partial charge >= 0.3 is 0 Å². The van der Waals surface area contributed by atoms with Crippen molar-refractivity contribution in [3.8, 4) is 0 Å². The molecular formula is C24H32N6O2. The van der Waals surface area contributed by atoms with Crippen molar-refractivity contribution >= 4 is 10.9 Å². The van der Waals surface area contributed by atoms with E-state index in [0.29, 0.717) is 12.1 Å². The lowest BCUT2D eigenvalue weighted by atomic mass is 10.0. The van der Waals surface area contributed by atoms with Gasteiger partial charge < -0.3 is 9.72 Å².